The number of benzene rings is 2. The highest BCUT2D eigenvalue weighted by Crippen LogP contribution is 2.39. The minimum absolute atomic E-state index is 0.526. The summed E-state index contributed by atoms with van der Waals surface area (Å²) >= 11 is 3.43. The van der Waals surface area contributed by atoms with Gasteiger partial charge in [0.1, 0.15) is 6.29 Å². The number of ether oxygens (including phenoxy) is 2. The van der Waals surface area contributed by atoms with E-state index in [1.165, 1.54) is 0 Å². The van der Waals surface area contributed by atoms with Crippen molar-refractivity contribution in [3.05, 3.63) is 69.7 Å². The van der Waals surface area contributed by atoms with Crippen molar-refractivity contribution in [1.82, 2.24) is 0 Å². The van der Waals surface area contributed by atoms with Crippen LogP contribution in [0.3, 0.4) is 0 Å². The minimum atomic E-state index is -0.928. The summed E-state index contributed by atoms with van der Waals surface area (Å²) in [6.07, 6.45) is 0.821. The molecule has 0 saturated carbocycles. The summed E-state index contributed by atoms with van der Waals surface area (Å²) in [5.74, 6) is -0.928. The molecule has 20 heavy (non-hydrogen) atoms. The molecule has 1 aliphatic heterocycles. The fourth-order valence-corrected chi connectivity index (χ4v) is 2.95. The molecule has 0 aromatic heterocycles. The molecule has 0 aliphatic carbocycles. The lowest BCUT2D eigenvalue weighted by molar-refractivity contribution is -0.129. The summed E-state index contributed by atoms with van der Waals surface area (Å²) in [5.41, 5.74) is 2.33. The third kappa shape index (κ3) is 2.30. The third-order valence-corrected chi connectivity index (χ3v) is 3.74. The van der Waals surface area contributed by atoms with Crippen LogP contribution in [0, 0.1) is 0 Å². The van der Waals surface area contributed by atoms with Crippen LogP contribution in [0.1, 0.15) is 21.5 Å². The topological polar surface area (TPSA) is 35.5 Å². The van der Waals surface area contributed by atoms with Crippen LogP contribution in [0.25, 0.3) is 0 Å². The number of aldehydes is 1. The van der Waals surface area contributed by atoms with Crippen LogP contribution in [0.2, 0.25) is 0 Å². The van der Waals surface area contributed by atoms with E-state index in [2.05, 4.69) is 15.9 Å². The van der Waals surface area contributed by atoms with Crippen molar-refractivity contribution >= 4 is 22.2 Å². The van der Waals surface area contributed by atoms with Crippen LogP contribution in [0.4, 0.5) is 0 Å². The second kappa shape index (κ2) is 5.48. The first kappa shape index (κ1) is 13.5. The van der Waals surface area contributed by atoms with E-state index in [1.54, 1.807) is 12.1 Å². The highest BCUT2D eigenvalue weighted by Gasteiger charge is 2.40. The molecule has 1 fully saturated rings. The first-order valence-electron chi connectivity index (χ1n) is 6.34. The molecule has 0 spiro atoms. The van der Waals surface area contributed by atoms with Gasteiger partial charge >= 0.3 is 0 Å². The SMILES string of the molecule is O=Cc1cc(Br)cc(C2(c3ccccc3)OCCO2)c1. The Bertz CT molecular complexity index is 619. The molecule has 1 saturated heterocycles. The Labute approximate surface area is 125 Å². The fraction of sp³-hybridized carbons (Fsp3) is 0.188. The zero-order valence-electron chi connectivity index (χ0n) is 10.7. The minimum Gasteiger partial charge on any atom is -0.340 e. The average Bonchev–Trinajstić information content (AvgIpc) is 2.98. The second-order valence-electron chi connectivity index (χ2n) is 4.57. The van der Waals surface area contributed by atoms with E-state index in [-0.39, 0.29) is 0 Å². The van der Waals surface area contributed by atoms with Gasteiger partial charge in [-0.15, -0.1) is 0 Å². The molecule has 4 heteroatoms. The number of hydrogen-bond acceptors (Lipinski definition) is 3. The van der Waals surface area contributed by atoms with Crippen molar-refractivity contribution in [3.63, 3.8) is 0 Å². The third-order valence-electron chi connectivity index (χ3n) is 3.28. The molecule has 1 aliphatic rings. The molecular weight excluding hydrogens is 320 g/mol. The summed E-state index contributed by atoms with van der Waals surface area (Å²) in [6, 6.07) is 15.3. The lowest BCUT2D eigenvalue weighted by atomic mass is 9.96. The Balaban J connectivity index is 2.16. The molecule has 3 rings (SSSR count). The fourth-order valence-electron chi connectivity index (χ4n) is 2.44. The molecule has 0 amide bonds. The zero-order chi connectivity index (χ0) is 14.0. The van der Waals surface area contributed by atoms with Crippen molar-refractivity contribution in [3.8, 4) is 0 Å². The van der Waals surface area contributed by atoms with Crippen molar-refractivity contribution in [2.75, 3.05) is 13.2 Å². The monoisotopic (exact) mass is 332 g/mol. The second-order valence-corrected chi connectivity index (χ2v) is 5.49. The number of rotatable bonds is 3. The Morgan fingerprint density at radius 3 is 2.35 bits per heavy atom. The van der Waals surface area contributed by atoms with Gasteiger partial charge in [-0.3, -0.25) is 4.79 Å². The normalized spacial score (nSPS) is 17.1. The first-order chi connectivity index (χ1) is 9.74. The first-order valence-corrected chi connectivity index (χ1v) is 7.13. The van der Waals surface area contributed by atoms with Gasteiger partial charge in [0.25, 0.3) is 0 Å². The Hall–Kier alpha value is -1.49. The molecule has 1 heterocycles. The number of carbonyl (C=O) groups is 1. The summed E-state index contributed by atoms with van der Waals surface area (Å²) in [4.78, 5) is 11.1. The highest BCUT2D eigenvalue weighted by atomic mass is 79.9. The van der Waals surface area contributed by atoms with E-state index in [9.17, 15) is 4.79 Å². The maximum absolute atomic E-state index is 11.1. The van der Waals surface area contributed by atoms with Gasteiger partial charge < -0.3 is 9.47 Å². The van der Waals surface area contributed by atoms with Gasteiger partial charge in [-0.05, 0) is 18.2 Å². The van der Waals surface area contributed by atoms with Gasteiger partial charge in [-0.1, -0.05) is 46.3 Å². The predicted molar refractivity (Wildman–Crippen MR) is 78.7 cm³/mol. The molecule has 102 valence electrons. The van der Waals surface area contributed by atoms with Crippen molar-refractivity contribution in [2.45, 2.75) is 5.79 Å². The van der Waals surface area contributed by atoms with Crippen LogP contribution in [-0.4, -0.2) is 19.5 Å². The summed E-state index contributed by atoms with van der Waals surface area (Å²) in [7, 11) is 0. The van der Waals surface area contributed by atoms with E-state index < -0.39 is 5.79 Å². The van der Waals surface area contributed by atoms with Crippen LogP contribution in [0.15, 0.2) is 53.0 Å². The average molecular weight is 333 g/mol. The molecule has 2 aromatic carbocycles. The molecule has 0 atom stereocenters. The smallest absolute Gasteiger partial charge is 0.222 e. The van der Waals surface area contributed by atoms with Crippen molar-refractivity contribution in [1.29, 1.82) is 0 Å². The molecule has 0 radical (unpaired) electrons. The predicted octanol–water partition coefficient (Wildman–Crippen LogP) is 3.51. The van der Waals surface area contributed by atoms with Gasteiger partial charge in [0.15, 0.2) is 0 Å². The van der Waals surface area contributed by atoms with Gasteiger partial charge in [-0.25, -0.2) is 0 Å². The van der Waals surface area contributed by atoms with Crippen LogP contribution < -0.4 is 0 Å². The van der Waals surface area contributed by atoms with E-state index >= 15 is 0 Å². The number of halogens is 1. The molecule has 0 bridgehead atoms. The summed E-state index contributed by atoms with van der Waals surface area (Å²) in [6.45, 7) is 1.05. The number of hydrogen-bond donors (Lipinski definition) is 0. The maximum atomic E-state index is 11.1. The van der Waals surface area contributed by atoms with Gasteiger partial charge in [-0.2, -0.15) is 0 Å². The van der Waals surface area contributed by atoms with E-state index in [0.717, 1.165) is 21.9 Å². The van der Waals surface area contributed by atoms with Gasteiger partial charge in [0, 0.05) is 21.2 Å². The molecule has 0 unspecified atom stereocenters. The van der Waals surface area contributed by atoms with E-state index in [4.69, 9.17) is 9.47 Å². The van der Waals surface area contributed by atoms with E-state index in [1.807, 2.05) is 36.4 Å². The lowest BCUT2D eigenvalue weighted by Crippen LogP contribution is -2.28. The Morgan fingerprint density at radius 1 is 1.00 bits per heavy atom. The Morgan fingerprint density at radius 2 is 1.70 bits per heavy atom. The zero-order valence-corrected chi connectivity index (χ0v) is 12.3. The largest absolute Gasteiger partial charge is 0.340 e. The standard InChI is InChI=1S/C16H13BrO3/c17-15-9-12(11-18)8-14(10-15)16(19-6-7-20-16)13-4-2-1-3-5-13/h1-5,8-11H,6-7H2. The van der Waals surface area contributed by atoms with Crippen LogP contribution >= 0.6 is 15.9 Å². The van der Waals surface area contributed by atoms with Crippen molar-refractivity contribution in [2.24, 2.45) is 0 Å². The molecule has 3 nitrogen and oxygen atoms in total. The maximum Gasteiger partial charge on any atom is 0.222 e. The Kier molecular flexibility index (Phi) is 3.70. The van der Waals surface area contributed by atoms with Crippen LogP contribution in [-0.2, 0) is 15.3 Å². The number of carbonyl (C=O) groups excluding carboxylic acids is 1. The van der Waals surface area contributed by atoms with Gasteiger partial charge in [0.2, 0.25) is 5.79 Å². The highest BCUT2D eigenvalue weighted by molar-refractivity contribution is 9.10. The summed E-state index contributed by atoms with van der Waals surface area (Å²) < 4.78 is 12.6. The van der Waals surface area contributed by atoms with Crippen molar-refractivity contribution < 1.29 is 14.3 Å². The van der Waals surface area contributed by atoms with E-state index in [0.29, 0.717) is 18.8 Å². The molecule has 2 aromatic rings. The lowest BCUT2D eigenvalue weighted by Gasteiger charge is -2.28. The quantitative estimate of drug-likeness (QED) is 0.807. The van der Waals surface area contributed by atoms with Gasteiger partial charge in [0.05, 0.1) is 13.2 Å². The summed E-state index contributed by atoms with van der Waals surface area (Å²) in [5, 5.41) is 0. The molecular formula is C16H13BrO3. The van der Waals surface area contributed by atoms with Crippen LogP contribution in [0.5, 0.6) is 0 Å². The molecule has 0 N–H and O–H groups in total.